The Balaban J connectivity index is 0.00000180. The third-order valence-corrected chi connectivity index (χ3v) is 4.23. The van der Waals surface area contributed by atoms with Crippen molar-refractivity contribution in [1.29, 1.82) is 0 Å². The molecule has 1 saturated heterocycles. The number of halogens is 3. The first-order chi connectivity index (χ1) is 8.72. The van der Waals surface area contributed by atoms with Crippen LogP contribution in [0.4, 0.5) is 4.39 Å². The van der Waals surface area contributed by atoms with Crippen LogP contribution < -0.4 is 5.32 Å². The highest BCUT2D eigenvalue weighted by atomic mass is 79.9. The van der Waals surface area contributed by atoms with E-state index in [1.165, 1.54) is 6.07 Å². The lowest BCUT2D eigenvalue weighted by molar-refractivity contribution is 0.196. The van der Waals surface area contributed by atoms with Crippen LogP contribution in [-0.2, 0) is 6.54 Å². The Morgan fingerprint density at radius 3 is 2.84 bits per heavy atom. The summed E-state index contributed by atoms with van der Waals surface area (Å²) in [6, 6.07) is 5.73. The van der Waals surface area contributed by atoms with Crippen LogP contribution in [0.1, 0.15) is 25.3 Å². The average Bonchev–Trinajstić information content (AvgIpc) is 2.86. The summed E-state index contributed by atoms with van der Waals surface area (Å²) < 4.78 is 14.7. The van der Waals surface area contributed by atoms with E-state index in [-0.39, 0.29) is 18.2 Å². The quantitative estimate of drug-likeness (QED) is 0.872. The second-order valence-electron chi connectivity index (χ2n) is 4.82. The molecule has 1 aliphatic rings. The second-order valence-corrected chi connectivity index (χ2v) is 5.67. The van der Waals surface area contributed by atoms with Gasteiger partial charge in [0.15, 0.2) is 0 Å². The molecule has 0 radical (unpaired) electrons. The second kappa shape index (κ2) is 8.20. The molecule has 0 amide bonds. The van der Waals surface area contributed by atoms with Gasteiger partial charge in [0.05, 0.1) is 0 Å². The van der Waals surface area contributed by atoms with Crippen molar-refractivity contribution < 1.29 is 4.39 Å². The number of hydrogen-bond donors (Lipinski definition) is 1. The van der Waals surface area contributed by atoms with E-state index >= 15 is 0 Å². The SMILES string of the molecule is CCCN(Cc1c(F)cccc1Br)C1CCNC1.Cl. The Morgan fingerprint density at radius 2 is 2.26 bits per heavy atom. The topological polar surface area (TPSA) is 15.3 Å². The molecule has 1 heterocycles. The van der Waals surface area contributed by atoms with Crippen molar-refractivity contribution in [3.8, 4) is 0 Å². The van der Waals surface area contributed by atoms with E-state index in [9.17, 15) is 4.39 Å². The highest BCUT2D eigenvalue weighted by Gasteiger charge is 2.23. The van der Waals surface area contributed by atoms with Gasteiger partial charge < -0.3 is 5.32 Å². The molecule has 5 heteroatoms. The zero-order valence-electron chi connectivity index (χ0n) is 11.2. The Kier molecular flexibility index (Phi) is 7.29. The lowest BCUT2D eigenvalue weighted by atomic mass is 10.1. The van der Waals surface area contributed by atoms with Gasteiger partial charge in [0.2, 0.25) is 0 Å². The van der Waals surface area contributed by atoms with Gasteiger partial charge in [-0.1, -0.05) is 28.9 Å². The van der Waals surface area contributed by atoms with Gasteiger partial charge in [0, 0.05) is 29.2 Å². The molecule has 1 unspecified atom stereocenters. The van der Waals surface area contributed by atoms with Crippen molar-refractivity contribution in [2.75, 3.05) is 19.6 Å². The highest BCUT2D eigenvalue weighted by Crippen LogP contribution is 2.23. The Labute approximate surface area is 129 Å². The molecule has 1 aliphatic heterocycles. The normalized spacial score (nSPS) is 18.6. The van der Waals surface area contributed by atoms with Crippen molar-refractivity contribution in [3.05, 3.63) is 34.1 Å². The molecular formula is C14H21BrClFN2. The first-order valence-corrected chi connectivity index (χ1v) is 7.39. The standard InChI is InChI=1S/C14H20BrFN2.ClH/c1-2-8-18(11-6-7-17-9-11)10-12-13(15)4-3-5-14(12)16;/h3-5,11,17H,2,6-10H2,1H3;1H. The van der Waals surface area contributed by atoms with Crippen molar-refractivity contribution >= 4 is 28.3 Å². The summed E-state index contributed by atoms with van der Waals surface area (Å²) in [5.74, 6) is -0.114. The van der Waals surface area contributed by atoms with Gasteiger partial charge in [0.1, 0.15) is 5.82 Å². The van der Waals surface area contributed by atoms with E-state index in [0.29, 0.717) is 12.6 Å². The third-order valence-electron chi connectivity index (χ3n) is 3.48. The smallest absolute Gasteiger partial charge is 0.128 e. The molecule has 0 spiro atoms. The molecule has 0 aromatic heterocycles. The first kappa shape index (κ1) is 16.9. The van der Waals surface area contributed by atoms with Crippen molar-refractivity contribution in [1.82, 2.24) is 10.2 Å². The molecular weight excluding hydrogens is 331 g/mol. The van der Waals surface area contributed by atoms with Crippen LogP contribution >= 0.6 is 28.3 Å². The summed E-state index contributed by atoms with van der Waals surface area (Å²) in [6.07, 6.45) is 2.26. The molecule has 0 saturated carbocycles. The minimum absolute atomic E-state index is 0. The van der Waals surface area contributed by atoms with Crippen LogP contribution in [0, 0.1) is 5.82 Å². The van der Waals surface area contributed by atoms with Gasteiger partial charge in [-0.2, -0.15) is 0 Å². The van der Waals surface area contributed by atoms with Crippen LogP contribution in [-0.4, -0.2) is 30.6 Å². The number of nitrogens with zero attached hydrogens (tertiary/aromatic N) is 1. The molecule has 0 aliphatic carbocycles. The van der Waals surface area contributed by atoms with Gasteiger partial charge in [-0.25, -0.2) is 4.39 Å². The lowest BCUT2D eigenvalue weighted by Gasteiger charge is -2.28. The van der Waals surface area contributed by atoms with E-state index in [4.69, 9.17) is 0 Å². The van der Waals surface area contributed by atoms with Crippen molar-refractivity contribution in [2.45, 2.75) is 32.4 Å². The minimum Gasteiger partial charge on any atom is -0.315 e. The molecule has 2 nitrogen and oxygen atoms in total. The largest absolute Gasteiger partial charge is 0.315 e. The lowest BCUT2D eigenvalue weighted by Crippen LogP contribution is -2.37. The summed E-state index contributed by atoms with van der Waals surface area (Å²) in [6.45, 7) is 5.97. The van der Waals surface area contributed by atoms with E-state index in [1.807, 2.05) is 6.07 Å². The minimum atomic E-state index is -0.114. The predicted octanol–water partition coefficient (Wildman–Crippen LogP) is 3.58. The summed E-state index contributed by atoms with van der Waals surface area (Å²) in [7, 11) is 0. The van der Waals surface area contributed by atoms with Crippen LogP contribution in [0.5, 0.6) is 0 Å². The number of nitrogens with one attached hydrogen (secondary N) is 1. The molecule has 1 atom stereocenters. The third kappa shape index (κ3) is 4.42. The zero-order valence-corrected chi connectivity index (χ0v) is 13.6. The highest BCUT2D eigenvalue weighted by molar-refractivity contribution is 9.10. The van der Waals surface area contributed by atoms with Gasteiger partial charge in [-0.3, -0.25) is 4.90 Å². The number of rotatable bonds is 5. The molecule has 19 heavy (non-hydrogen) atoms. The summed E-state index contributed by atoms with van der Waals surface area (Å²) in [5.41, 5.74) is 0.776. The van der Waals surface area contributed by atoms with Gasteiger partial charge >= 0.3 is 0 Å². The monoisotopic (exact) mass is 350 g/mol. The molecule has 1 fully saturated rings. The Hall–Kier alpha value is -0.160. The summed E-state index contributed by atoms with van der Waals surface area (Å²) in [4.78, 5) is 2.39. The molecule has 2 rings (SSSR count). The first-order valence-electron chi connectivity index (χ1n) is 6.60. The van der Waals surface area contributed by atoms with Gasteiger partial charge in [-0.15, -0.1) is 12.4 Å². The zero-order chi connectivity index (χ0) is 13.0. The fourth-order valence-electron chi connectivity index (χ4n) is 2.52. The maximum Gasteiger partial charge on any atom is 0.128 e. The fourth-order valence-corrected chi connectivity index (χ4v) is 2.98. The maximum atomic E-state index is 13.9. The van der Waals surface area contributed by atoms with Crippen molar-refractivity contribution in [3.63, 3.8) is 0 Å². The average molecular weight is 352 g/mol. The number of benzene rings is 1. The van der Waals surface area contributed by atoms with Crippen molar-refractivity contribution in [2.24, 2.45) is 0 Å². The molecule has 108 valence electrons. The van der Waals surface area contributed by atoms with Crippen LogP contribution in [0.15, 0.2) is 22.7 Å². The van der Waals surface area contributed by atoms with Crippen LogP contribution in [0.3, 0.4) is 0 Å². The molecule has 1 aromatic rings. The molecule has 1 N–H and O–H groups in total. The Morgan fingerprint density at radius 1 is 1.47 bits per heavy atom. The van der Waals surface area contributed by atoms with Gasteiger partial charge in [-0.05, 0) is 38.1 Å². The van der Waals surface area contributed by atoms with E-state index < -0.39 is 0 Å². The Bertz CT molecular complexity index is 377. The van der Waals surface area contributed by atoms with E-state index in [0.717, 1.165) is 42.5 Å². The van der Waals surface area contributed by atoms with Crippen LogP contribution in [0.25, 0.3) is 0 Å². The van der Waals surface area contributed by atoms with Gasteiger partial charge in [0.25, 0.3) is 0 Å². The summed E-state index contributed by atoms with van der Waals surface area (Å²) >= 11 is 3.45. The summed E-state index contributed by atoms with van der Waals surface area (Å²) in [5, 5.41) is 3.38. The molecule has 1 aromatic carbocycles. The van der Waals surface area contributed by atoms with Crippen LogP contribution in [0.2, 0.25) is 0 Å². The molecule has 0 bridgehead atoms. The number of hydrogen-bond acceptors (Lipinski definition) is 2. The van der Waals surface area contributed by atoms with E-state index in [1.54, 1.807) is 6.07 Å². The fraction of sp³-hybridized carbons (Fsp3) is 0.571. The maximum absolute atomic E-state index is 13.9. The van der Waals surface area contributed by atoms with E-state index in [2.05, 4.69) is 33.1 Å². The predicted molar refractivity (Wildman–Crippen MR) is 83.3 cm³/mol.